The van der Waals surface area contributed by atoms with Gasteiger partial charge < -0.3 is 4.42 Å². The van der Waals surface area contributed by atoms with Crippen LogP contribution in [0.1, 0.15) is 21.5 Å². The van der Waals surface area contributed by atoms with Crippen molar-refractivity contribution >= 4 is 11.9 Å². The van der Waals surface area contributed by atoms with E-state index in [1.54, 1.807) is 24.3 Å². The minimum atomic E-state index is -4.54. The molecule has 0 atom stereocenters. The van der Waals surface area contributed by atoms with E-state index in [4.69, 9.17) is 4.42 Å². The number of nitrogens with one attached hydrogen (secondary N) is 1. The van der Waals surface area contributed by atoms with E-state index in [0.717, 1.165) is 6.07 Å². The van der Waals surface area contributed by atoms with Gasteiger partial charge in [-0.05, 0) is 36.8 Å². The molecule has 1 aromatic heterocycles. The van der Waals surface area contributed by atoms with E-state index in [9.17, 15) is 18.0 Å². The molecule has 1 N–H and O–H groups in total. The smallest absolute Gasteiger partial charge is 0.403 e. The van der Waals surface area contributed by atoms with Gasteiger partial charge in [0.25, 0.3) is 5.91 Å². The number of aromatic nitrogens is 2. The van der Waals surface area contributed by atoms with Crippen LogP contribution >= 0.6 is 0 Å². The molecule has 0 unspecified atom stereocenters. The molecule has 1 heterocycles. The first-order valence-corrected chi connectivity index (χ1v) is 7.23. The Morgan fingerprint density at radius 1 is 1.08 bits per heavy atom. The Labute approximate surface area is 140 Å². The molecule has 2 aromatic carbocycles. The van der Waals surface area contributed by atoms with Crippen LogP contribution in [0.15, 0.2) is 52.9 Å². The molecule has 0 saturated carbocycles. The summed E-state index contributed by atoms with van der Waals surface area (Å²) in [6, 6.07) is 12.0. The first-order chi connectivity index (χ1) is 11.8. The first-order valence-electron chi connectivity index (χ1n) is 7.23. The molecule has 0 aliphatic rings. The molecule has 128 valence electrons. The number of carbonyl (C=O) groups is 1. The average Bonchev–Trinajstić information content (AvgIpc) is 3.03. The summed E-state index contributed by atoms with van der Waals surface area (Å²) in [6.45, 7) is 1.33. The highest BCUT2D eigenvalue weighted by Crippen LogP contribution is 2.32. The van der Waals surface area contributed by atoms with E-state index in [2.05, 4.69) is 15.5 Å². The second kappa shape index (κ2) is 6.39. The fourth-order valence-electron chi connectivity index (χ4n) is 2.21. The minimum absolute atomic E-state index is 0.0354. The summed E-state index contributed by atoms with van der Waals surface area (Å²) in [5.74, 6) is -0.579. The maximum Gasteiger partial charge on any atom is 0.416 e. The lowest BCUT2D eigenvalue weighted by Gasteiger charge is -2.11. The molecule has 5 nitrogen and oxygen atoms in total. The monoisotopic (exact) mass is 347 g/mol. The standard InChI is InChI=1S/C17H12F3N3O2/c1-10-7-8-12(9-13(10)17(18,19)20)14(24)21-16-23-22-15(25-16)11-5-3-2-4-6-11/h2-9H,1H3,(H,21,23,24). The predicted octanol–water partition coefficient (Wildman–Crippen LogP) is 4.32. The van der Waals surface area contributed by atoms with Crippen molar-refractivity contribution in [2.75, 3.05) is 5.32 Å². The van der Waals surface area contributed by atoms with Crippen molar-refractivity contribution in [1.82, 2.24) is 10.2 Å². The number of rotatable bonds is 3. The van der Waals surface area contributed by atoms with Crippen LogP contribution in [0, 0.1) is 6.92 Å². The molecule has 0 fully saturated rings. The van der Waals surface area contributed by atoms with E-state index >= 15 is 0 Å². The molecule has 1 amide bonds. The number of hydrogen-bond acceptors (Lipinski definition) is 4. The second-order valence-corrected chi connectivity index (χ2v) is 5.26. The highest BCUT2D eigenvalue weighted by Gasteiger charge is 2.33. The molecule has 0 aliphatic heterocycles. The topological polar surface area (TPSA) is 68.0 Å². The number of aryl methyl sites for hydroxylation is 1. The van der Waals surface area contributed by atoms with E-state index in [0.29, 0.717) is 5.56 Å². The van der Waals surface area contributed by atoms with E-state index in [-0.39, 0.29) is 23.0 Å². The number of hydrogen-bond donors (Lipinski definition) is 1. The summed E-state index contributed by atoms with van der Waals surface area (Å²) >= 11 is 0. The molecule has 8 heteroatoms. The molecule has 3 aromatic rings. The van der Waals surface area contributed by atoms with E-state index < -0.39 is 17.6 Å². The zero-order chi connectivity index (χ0) is 18.0. The van der Waals surface area contributed by atoms with Crippen molar-refractivity contribution in [3.8, 4) is 11.5 Å². The zero-order valence-electron chi connectivity index (χ0n) is 13.0. The van der Waals surface area contributed by atoms with Crippen LogP contribution in [0.2, 0.25) is 0 Å². The van der Waals surface area contributed by atoms with Gasteiger partial charge in [-0.15, -0.1) is 5.10 Å². The van der Waals surface area contributed by atoms with Gasteiger partial charge in [-0.2, -0.15) is 13.2 Å². The number of amides is 1. The fourth-order valence-corrected chi connectivity index (χ4v) is 2.21. The van der Waals surface area contributed by atoms with Gasteiger partial charge in [-0.3, -0.25) is 10.1 Å². The van der Waals surface area contributed by atoms with Gasteiger partial charge in [0, 0.05) is 11.1 Å². The third-order valence-electron chi connectivity index (χ3n) is 3.47. The summed E-state index contributed by atoms with van der Waals surface area (Å²) in [6.07, 6.45) is -4.54. The van der Waals surface area contributed by atoms with Crippen molar-refractivity contribution in [3.05, 3.63) is 65.2 Å². The van der Waals surface area contributed by atoms with Gasteiger partial charge in [0.05, 0.1) is 5.56 Å². The second-order valence-electron chi connectivity index (χ2n) is 5.26. The van der Waals surface area contributed by atoms with E-state index in [1.807, 2.05) is 6.07 Å². The molecule has 0 spiro atoms. The van der Waals surface area contributed by atoms with Gasteiger partial charge in [-0.1, -0.05) is 29.4 Å². The lowest BCUT2D eigenvalue weighted by Crippen LogP contribution is -2.15. The number of carbonyl (C=O) groups excluding carboxylic acids is 1. The van der Waals surface area contributed by atoms with Gasteiger partial charge in [0.15, 0.2) is 0 Å². The summed E-state index contributed by atoms with van der Waals surface area (Å²) in [7, 11) is 0. The van der Waals surface area contributed by atoms with Crippen LogP contribution < -0.4 is 5.32 Å². The molecule has 0 aliphatic carbocycles. The van der Waals surface area contributed by atoms with Gasteiger partial charge in [0.1, 0.15) is 0 Å². The highest BCUT2D eigenvalue weighted by molar-refractivity contribution is 6.03. The normalized spacial score (nSPS) is 11.4. The summed E-state index contributed by atoms with van der Waals surface area (Å²) in [4.78, 5) is 12.1. The maximum absolute atomic E-state index is 12.9. The summed E-state index contributed by atoms with van der Waals surface area (Å²) < 4.78 is 44.1. The van der Waals surface area contributed by atoms with Crippen LogP contribution in [0.5, 0.6) is 0 Å². The molecular formula is C17H12F3N3O2. The largest absolute Gasteiger partial charge is 0.416 e. The lowest BCUT2D eigenvalue weighted by molar-refractivity contribution is -0.138. The maximum atomic E-state index is 12.9. The van der Waals surface area contributed by atoms with Crippen molar-refractivity contribution in [2.45, 2.75) is 13.1 Å². The first kappa shape index (κ1) is 16.7. The number of benzene rings is 2. The van der Waals surface area contributed by atoms with E-state index in [1.165, 1.54) is 19.1 Å². The Morgan fingerprint density at radius 3 is 2.48 bits per heavy atom. The van der Waals surface area contributed by atoms with Crippen LogP contribution in [0.25, 0.3) is 11.5 Å². The number of nitrogens with zero attached hydrogens (tertiary/aromatic N) is 2. The molecule has 0 bridgehead atoms. The molecule has 25 heavy (non-hydrogen) atoms. The van der Waals surface area contributed by atoms with Crippen molar-refractivity contribution in [2.24, 2.45) is 0 Å². The predicted molar refractivity (Wildman–Crippen MR) is 83.9 cm³/mol. The third-order valence-corrected chi connectivity index (χ3v) is 3.47. The number of alkyl halides is 3. The van der Waals surface area contributed by atoms with Crippen molar-refractivity contribution < 1.29 is 22.4 Å². The van der Waals surface area contributed by atoms with Gasteiger partial charge in [-0.25, -0.2) is 0 Å². The average molecular weight is 347 g/mol. The van der Waals surface area contributed by atoms with Crippen molar-refractivity contribution in [3.63, 3.8) is 0 Å². The quantitative estimate of drug-likeness (QED) is 0.766. The molecule has 0 radical (unpaired) electrons. The minimum Gasteiger partial charge on any atom is -0.403 e. The van der Waals surface area contributed by atoms with Gasteiger partial charge >= 0.3 is 12.2 Å². The molecule has 3 rings (SSSR count). The molecular weight excluding hydrogens is 335 g/mol. The Morgan fingerprint density at radius 2 is 1.80 bits per heavy atom. The Hall–Kier alpha value is -3.16. The Balaban J connectivity index is 1.81. The van der Waals surface area contributed by atoms with Crippen LogP contribution in [-0.4, -0.2) is 16.1 Å². The SMILES string of the molecule is Cc1ccc(C(=O)Nc2nnc(-c3ccccc3)o2)cc1C(F)(F)F. The highest BCUT2D eigenvalue weighted by atomic mass is 19.4. The Kier molecular flexibility index (Phi) is 4.26. The van der Waals surface area contributed by atoms with Crippen LogP contribution in [-0.2, 0) is 6.18 Å². The van der Waals surface area contributed by atoms with Gasteiger partial charge in [0.2, 0.25) is 5.89 Å². The van der Waals surface area contributed by atoms with Crippen LogP contribution in [0.4, 0.5) is 19.2 Å². The van der Waals surface area contributed by atoms with Crippen molar-refractivity contribution in [1.29, 1.82) is 0 Å². The fraction of sp³-hybridized carbons (Fsp3) is 0.118. The molecule has 0 saturated heterocycles. The Bertz CT molecular complexity index is 905. The third kappa shape index (κ3) is 3.68. The number of anilines is 1. The summed E-state index contributed by atoms with van der Waals surface area (Å²) in [5, 5.41) is 9.77. The van der Waals surface area contributed by atoms with Crippen LogP contribution in [0.3, 0.4) is 0 Å². The number of halogens is 3. The summed E-state index contributed by atoms with van der Waals surface area (Å²) in [5.41, 5.74) is -0.327. The zero-order valence-corrected chi connectivity index (χ0v) is 13.0. The lowest BCUT2D eigenvalue weighted by atomic mass is 10.0.